The van der Waals surface area contributed by atoms with E-state index in [1.807, 2.05) is 0 Å². The molecule has 0 N–H and O–H groups in total. The van der Waals surface area contributed by atoms with E-state index >= 15 is 0 Å². The number of ether oxygens (including phenoxy) is 3. The lowest BCUT2D eigenvalue weighted by Gasteiger charge is -2.07. The lowest BCUT2D eigenvalue weighted by atomic mass is 10.2. The number of benzene rings is 2. The molecule has 0 aliphatic heterocycles. The molecule has 2 aromatic rings. The second kappa shape index (κ2) is 8.08. The summed E-state index contributed by atoms with van der Waals surface area (Å²) < 4.78 is 15.9. The maximum atomic E-state index is 12.0. The van der Waals surface area contributed by atoms with E-state index in [1.54, 1.807) is 55.6 Å². The third-order valence-corrected chi connectivity index (χ3v) is 3.13. The Morgan fingerprint density at radius 1 is 0.909 bits per heavy atom. The first kappa shape index (κ1) is 15.9. The number of hydrogen-bond donors (Lipinski definition) is 0. The highest BCUT2D eigenvalue weighted by Gasteiger charge is 2.09. The van der Waals surface area contributed by atoms with Gasteiger partial charge in [0.05, 0.1) is 19.3 Å². The minimum atomic E-state index is -0.398. The van der Waals surface area contributed by atoms with Crippen LogP contribution in [-0.4, -0.2) is 19.7 Å². The topological polar surface area (TPSA) is 44.8 Å². The smallest absolute Gasteiger partial charge is 0.343 e. The number of esters is 1. The first-order valence-electron chi connectivity index (χ1n) is 7.32. The van der Waals surface area contributed by atoms with E-state index in [4.69, 9.17) is 14.2 Å². The number of rotatable bonds is 7. The van der Waals surface area contributed by atoms with Gasteiger partial charge in [0.1, 0.15) is 17.2 Å². The van der Waals surface area contributed by atoms with Gasteiger partial charge in [-0.2, -0.15) is 0 Å². The zero-order valence-electron chi connectivity index (χ0n) is 12.9. The second-order valence-corrected chi connectivity index (χ2v) is 4.79. The van der Waals surface area contributed by atoms with Crippen molar-refractivity contribution in [2.45, 2.75) is 19.8 Å². The minimum absolute atomic E-state index is 0.398. The molecule has 0 saturated carbocycles. The largest absolute Gasteiger partial charge is 0.497 e. The van der Waals surface area contributed by atoms with Crippen LogP contribution in [0.3, 0.4) is 0 Å². The van der Waals surface area contributed by atoms with Crippen LogP contribution in [0.15, 0.2) is 48.5 Å². The molecular formula is C18H20O4. The number of carbonyl (C=O) groups excluding carboxylic acids is 1. The molecule has 0 aliphatic carbocycles. The fourth-order valence-corrected chi connectivity index (χ4v) is 1.83. The molecule has 2 rings (SSSR count). The molecule has 4 heteroatoms. The van der Waals surface area contributed by atoms with Crippen molar-refractivity contribution in [1.29, 1.82) is 0 Å². The molecule has 0 bridgehead atoms. The van der Waals surface area contributed by atoms with Crippen LogP contribution in [0.2, 0.25) is 0 Å². The van der Waals surface area contributed by atoms with Gasteiger partial charge >= 0.3 is 5.97 Å². The van der Waals surface area contributed by atoms with E-state index in [0.29, 0.717) is 23.7 Å². The lowest BCUT2D eigenvalue weighted by molar-refractivity contribution is 0.0734. The number of carbonyl (C=O) groups is 1. The van der Waals surface area contributed by atoms with Gasteiger partial charge in [0.15, 0.2) is 0 Å². The van der Waals surface area contributed by atoms with Gasteiger partial charge < -0.3 is 14.2 Å². The van der Waals surface area contributed by atoms with Crippen molar-refractivity contribution < 1.29 is 19.0 Å². The summed E-state index contributed by atoms with van der Waals surface area (Å²) in [5, 5.41) is 0. The van der Waals surface area contributed by atoms with Crippen LogP contribution in [0.1, 0.15) is 30.1 Å². The van der Waals surface area contributed by atoms with Gasteiger partial charge in [0.25, 0.3) is 0 Å². The summed E-state index contributed by atoms with van der Waals surface area (Å²) in [5.74, 6) is 1.56. The fourth-order valence-electron chi connectivity index (χ4n) is 1.83. The first-order valence-corrected chi connectivity index (χ1v) is 7.32. The molecule has 0 radical (unpaired) electrons. The molecule has 0 aromatic heterocycles. The van der Waals surface area contributed by atoms with Crippen LogP contribution in [-0.2, 0) is 0 Å². The Morgan fingerprint density at radius 2 is 1.50 bits per heavy atom. The van der Waals surface area contributed by atoms with Gasteiger partial charge in [0, 0.05) is 0 Å². The van der Waals surface area contributed by atoms with Crippen LogP contribution >= 0.6 is 0 Å². The molecule has 0 aliphatic rings. The summed E-state index contributed by atoms with van der Waals surface area (Å²) in [5.41, 5.74) is 0.485. The van der Waals surface area contributed by atoms with Crippen LogP contribution in [0, 0.1) is 0 Å². The molecular weight excluding hydrogens is 280 g/mol. The molecule has 0 unspecified atom stereocenters. The Morgan fingerprint density at radius 3 is 2.09 bits per heavy atom. The predicted molar refractivity (Wildman–Crippen MR) is 84.8 cm³/mol. The summed E-state index contributed by atoms with van der Waals surface area (Å²) in [6.45, 7) is 2.80. The SMILES string of the molecule is CCCCOc1ccc(C(=O)Oc2ccc(OC)cc2)cc1. The summed E-state index contributed by atoms with van der Waals surface area (Å²) in [6, 6.07) is 13.8. The summed E-state index contributed by atoms with van der Waals surface area (Å²) in [7, 11) is 1.59. The van der Waals surface area contributed by atoms with Gasteiger partial charge in [-0.1, -0.05) is 13.3 Å². The normalized spacial score (nSPS) is 10.1. The summed E-state index contributed by atoms with van der Waals surface area (Å²) in [6.07, 6.45) is 2.10. The summed E-state index contributed by atoms with van der Waals surface area (Å²) >= 11 is 0. The lowest BCUT2D eigenvalue weighted by Crippen LogP contribution is -2.08. The highest BCUT2D eigenvalue weighted by Crippen LogP contribution is 2.19. The molecule has 0 spiro atoms. The van der Waals surface area contributed by atoms with Crippen molar-refractivity contribution in [3.05, 3.63) is 54.1 Å². The highest BCUT2D eigenvalue weighted by molar-refractivity contribution is 5.91. The Hall–Kier alpha value is -2.49. The first-order chi connectivity index (χ1) is 10.7. The molecule has 0 fully saturated rings. The molecule has 0 amide bonds. The van der Waals surface area contributed by atoms with E-state index in [2.05, 4.69) is 6.92 Å². The standard InChI is InChI=1S/C18H20O4/c1-3-4-13-21-16-7-5-14(6-8-16)18(19)22-17-11-9-15(20-2)10-12-17/h5-12H,3-4,13H2,1-2H3. The predicted octanol–water partition coefficient (Wildman–Crippen LogP) is 4.09. The molecule has 4 nitrogen and oxygen atoms in total. The van der Waals surface area contributed by atoms with Crippen LogP contribution in [0.4, 0.5) is 0 Å². The molecule has 116 valence electrons. The van der Waals surface area contributed by atoms with Gasteiger partial charge in [-0.15, -0.1) is 0 Å². The zero-order chi connectivity index (χ0) is 15.8. The van der Waals surface area contributed by atoms with Crippen molar-refractivity contribution in [2.24, 2.45) is 0 Å². The Labute approximate surface area is 130 Å². The number of unbranched alkanes of at least 4 members (excludes halogenated alkanes) is 1. The molecule has 22 heavy (non-hydrogen) atoms. The Kier molecular flexibility index (Phi) is 5.83. The van der Waals surface area contributed by atoms with Crippen LogP contribution < -0.4 is 14.2 Å². The van der Waals surface area contributed by atoms with Crippen molar-refractivity contribution in [1.82, 2.24) is 0 Å². The van der Waals surface area contributed by atoms with Crippen molar-refractivity contribution in [2.75, 3.05) is 13.7 Å². The molecule has 2 aromatic carbocycles. The molecule has 0 heterocycles. The third-order valence-electron chi connectivity index (χ3n) is 3.13. The second-order valence-electron chi connectivity index (χ2n) is 4.79. The Balaban J connectivity index is 1.94. The quantitative estimate of drug-likeness (QED) is 0.439. The van der Waals surface area contributed by atoms with Gasteiger partial charge in [-0.3, -0.25) is 0 Å². The average Bonchev–Trinajstić information content (AvgIpc) is 2.56. The van der Waals surface area contributed by atoms with E-state index in [0.717, 1.165) is 18.6 Å². The average molecular weight is 300 g/mol. The van der Waals surface area contributed by atoms with Crippen molar-refractivity contribution >= 4 is 5.97 Å². The van der Waals surface area contributed by atoms with E-state index in [-0.39, 0.29) is 0 Å². The zero-order valence-corrected chi connectivity index (χ0v) is 12.9. The maximum absolute atomic E-state index is 12.0. The molecule has 0 atom stereocenters. The number of hydrogen-bond acceptors (Lipinski definition) is 4. The number of methoxy groups -OCH3 is 1. The monoisotopic (exact) mass is 300 g/mol. The highest BCUT2D eigenvalue weighted by atomic mass is 16.5. The van der Waals surface area contributed by atoms with Gasteiger partial charge in [0.2, 0.25) is 0 Å². The van der Waals surface area contributed by atoms with Crippen LogP contribution in [0.5, 0.6) is 17.2 Å². The van der Waals surface area contributed by atoms with Crippen molar-refractivity contribution in [3.8, 4) is 17.2 Å². The minimum Gasteiger partial charge on any atom is -0.497 e. The third kappa shape index (κ3) is 4.52. The van der Waals surface area contributed by atoms with E-state index < -0.39 is 5.97 Å². The van der Waals surface area contributed by atoms with Crippen molar-refractivity contribution in [3.63, 3.8) is 0 Å². The fraction of sp³-hybridized carbons (Fsp3) is 0.278. The summed E-state index contributed by atoms with van der Waals surface area (Å²) in [4.78, 5) is 12.0. The molecule has 0 saturated heterocycles. The van der Waals surface area contributed by atoms with Crippen LogP contribution in [0.25, 0.3) is 0 Å². The van der Waals surface area contributed by atoms with Gasteiger partial charge in [-0.05, 0) is 55.0 Å². The van der Waals surface area contributed by atoms with Gasteiger partial charge in [-0.25, -0.2) is 4.79 Å². The maximum Gasteiger partial charge on any atom is 0.343 e. The van der Waals surface area contributed by atoms with E-state index in [1.165, 1.54) is 0 Å². The Bertz CT molecular complexity index is 587. The van der Waals surface area contributed by atoms with E-state index in [9.17, 15) is 4.79 Å².